The number of anilines is 1. The number of nitrogens with zero attached hydrogens (tertiary/aromatic N) is 6. The second kappa shape index (κ2) is 6.84. The number of rotatable bonds is 3. The van der Waals surface area contributed by atoms with E-state index in [0.29, 0.717) is 13.0 Å². The highest BCUT2D eigenvalue weighted by Crippen LogP contribution is 2.54. The van der Waals surface area contributed by atoms with Crippen LogP contribution in [0, 0.1) is 0 Å². The third-order valence-electron chi connectivity index (χ3n) is 6.29. The fraction of sp³-hybridized carbons (Fsp3) is 0.182. The Bertz CT molecular complexity index is 1320. The van der Waals surface area contributed by atoms with E-state index in [1.807, 2.05) is 54.6 Å². The normalized spacial score (nSPS) is 21.7. The van der Waals surface area contributed by atoms with E-state index < -0.39 is 11.5 Å². The van der Waals surface area contributed by atoms with E-state index in [-0.39, 0.29) is 23.6 Å². The third-order valence-corrected chi connectivity index (χ3v) is 6.29. The lowest BCUT2D eigenvalue weighted by Crippen LogP contribution is -2.42. The van der Waals surface area contributed by atoms with Gasteiger partial charge in [-0.15, -0.1) is 15.3 Å². The number of amides is 2. The molecule has 2 aliphatic heterocycles. The molecule has 2 aromatic carbocycles. The monoisotopic (exact) mass is 426 g/mol. The zero-order valence-electron chi connectivity index (χ0n) is 16.8. The average molecular weight is 426 g/mol. The number of aromatic nitrogens is 6. The van der Waals surface area contributed by atoms with Gasteiger partial charge in [0.2, 0.25) is 11.7 Å². The van der Waals surface area contributed by atoms with Crippen LogP contribution in [-0.2, 0) is 10.2 Å². The number of hydrogen-bond acceptors (Lipinski definition) is 6. The summed E-state index contributed by atoms with van der Waals surface area (Å²) in [6.45, 7) is 0.406. The molecule has 0 unspecified atom stereocenters. The van der Waals surface area contributed by atoms with E-state index in [4.69, 9.17) is 0 Å². The fourth-order valence-electron chi connectivity index (χ4n) is 4.91. The van der Waals surface area contributed by atoms with Gasteiger partial charge in [0.1, 0.15) is 18.1 Å². The molecule has 0 saturated carbocycles. The zero-order valence-corrected chi connectivity index (χ0v) is 16.8. The van der Waals surface area contributed by atoms with Crippen LogP contribution in [0.5, 0.6) is 0 Å². The smallest absolute Gasteiger partial charge is 0.291 e. The molecule has 1 spiro atoms. The van der Waals surface area contributed by atoms with Crippen LogP contribution in [0.3, 0.4) is 0 Å². The van der Waals surface area contributed by atoms with Gasteiger partial charge in [-0.25, -0.2) is 0 Å². The maximum Gasteiger partial charge on any atom is 0.291 e. The van der Waals surface area contributed by atoms with Crippen LogP contribution in [0.1, 0.15) is 34.2 Å². The van der Waals surface area contributed by atoms with E-state index in [2.05, 4.69) is 30.7 Å². The van der Waals surface area contributed by atoms with Crippen molar-refractivity contribution in [1.82, 2.24) is 34.8 Å². The number of likely N-dealkylation sites (tertiary alicyclic amines) is 1. The Labute approximate surface area is 182 Å². The number of carbonyl (C=O) groups is 2. The summed E-state index contributed by atoms with van der Waals surface area (Å²) in [6.07, 6.45) is 3.41. The van der Waals surface area contributed by atoms with Crippen molar-refractivity contribution in [2.45, 2.75) is 17.9 Å². The van der Waals surface area contributed by atoms with Crippen LogP contribution in [0.4, 0.5) is 5.69 Å². The molecule has 4 aromatic rings. The SMILES string of the molecule is O=C(c1nc(-n2cnnc2)n[nH]1)N1CC[C@]2(C(=O)Nc3ccccc32)[C@@H]1c1ccccc1. The van der Waals surface area contributed by atoms with Crippen molar-refractivity contribution in [3.63, 3.8) is 0 Å². The lowest BCUT2D eigenvalue weighted by atomic mass is 9.72. The molecule has 158 valence electrons. The highest BCUT2D eigenvalue weighted by molar-refractivity contribution is 6.08. The van der Waals surface area contributed by atoms with Gasteiger partial charge >= 0.3 is 0 Å². The van der Waals surface area contributed by atoms with Crippen molar-refractivity contribution in [2.75, 3.05) is 11.9 Å². The minimum atomic E-state index is -0.870. The first-order chi connectivity index (χ1) is 15.7. The summed E-state index contributed by atoms with van der Waals surface area (Å²) in [7, 11) is 0. The summed E-state index contributed by atoms with van der Waals surface area (Å²) in [5, 5.41) is 17.3. The zero-order chi connectivity index (χ0) is 21.7. The third kappa shape index (κ3) is 2.52. The lowest BCUT2D eigenvalue weighted by Gasteiger charge is -2.34. The largest absolute Gasteiger partial charge is 0.327 e. The Morgan fingerprint density at radius 3 is 2.59 bits per heavy atom. The molecule has 0 bridgehead atoms. The van der Waals surface area contributed by atoms with E-state index in [9.17, 15) is 9.59 Å². The number of carbonyl (C=O) groups excluding carboxylic acids is 2. The van der Waals surface area contributed by atoms with Gasteiger partial charge in [-0.05, 0) is 23.6 Å². The van der Waals surface area contributed by atoms with Crippen molar-refractivity contribution in [3.05, 3.63) is 84.2 Å². The summed E-state index contributed by atoms with van der Waals surface area (Å²) in [5.41, 5.74) is 1.73. The van der Waals surface area contributed by atoms with Crippen molar-refractivity contribution in [1.29, 1.82) is 0 Å². The summed E-state index contributed by atoms with van der Waals surface area (Å²) >= 11 is 0. The van der Waals surface area contributed by atoms with Crippen LogP contribution in [0.2, 0.25) is 0 Å². The molecular weight excluding hydrogens is 408 g/mol. The molecule has 2 aromatic heterocycles. The van der Waals surface area contributed by atoms with E-state index in [0.717, 1.165) is 16.8 Å². The molecule has 2 N–H and O–H groups in total. The maximum atomic E-state index is 13.6. The molecule has 2 aliphatic rings. The molecule has 10 heteroatoms. The van der Waals surface area contributed by atoms with Crippen LogP contribution in [0.25, 0.3) is 5.95 Å². The second-order valence-electron chi connectivity index (χ2n) is 7.89. The van der Waals surface area contributed by atoms with Gasteiger partial charge in [-0.2, -0.15) is 4.98 Å². The Hall–Kier alpha value is -4.34. The number of nitrogens with one attached hydrogen (secondary N) is 2. The number of hydrogen-bond donors (Lipinski definition) is 2. The lowest BCUT2D eigenvalue weighted by molar-refractivity contribution is -0.121. The Kier molecular flexibility index (Phi) is 3.94. The topological polar surface area (TPSA) is 122 Å². The van der Waals surface area contributed by atoms with Gasteiger partial charge in [0.05, 0.1) is 6.04 Å². The quantitative estimate of drug-likeness (QED) is 0.516. The highest BCUT2D eigenvalue weighted by atomic mass is 16.2. The molecule has 6 rings (SSSR count). The van der Waals surface area contributed by atoms with Gasteiger partial charge in [0.25, 0.3) is 11.9 Å². The minimum Gasteiger partial charge on any atom is -0.327 e. The van der Waals surface area contributed by atoms with Crippen LogP contribution in [-0.4, -0.2) is 53.2 Å². The second-order valence-corrected chi connectivity index (χ2v) is 7.89. The number of H-pyrrole nitrogens is 1. The highest BCUT2D eigenvalue weighted by Gasteiger charge is 2.59. The maximum absolute atomic E-state index is 13.6. The number of fused-ring (bicyclic) bond motifs is 2. The first-order valence-electron chi connectivity index (χ1n) is 10.2. The Balaban J connectivity index is 1.45. The summed E-state index contributed by atoms with van der Waals surface area (Å²) in [4.78, 5) is 33.0. The fourth-order valence-corrected chi connectivity index (χ4v) is 4.91. The molecule has 1 saturated heterocycles. The van der Waals surface area contributed by atoms with Gasteiger partial charge in [-0.1, -0.05) is 48.5 Å². The van der Waals surface area contributed by atoms with E-state index in [1.54, 1.807) is 4.90 Å². The van der Waals surface area contributed by atoms with Crippen LogP contribution >= 0.6 is 0 Å². The molecule has 10 nitrogen and oxygen atoms in total. The van der Waals surface area contributed by atoms with Gasteiger partial charge in [0, 0.05) is 12.2 Å². The average Bonchev–Trinajstić information content (AvgIpc) is 3.62. The van der Waals surface area contributed by atoms with Gasteiger partial charge in [-0.3, -0.25) is 19.3 Å². The first kappa shape index (κ1) is 18.4. The molecule has 32 heavy (non-hydrogen) atoms. The predicted octanol–water partition coefficient (Wildman–Crippen LogP) is 1.86. The van der Waals surface area contributed by atoms with Crippen molar-refractivity contribution in [2.24, 2.45) is 0 Å². The number of aromatic amines is 1. The van der Waals surface area contributed by atoms with E-state index in [1.165, 1.54) is 17.2 Å². The molecule has 2 atom stereocenters. The van der Waals surface area contributed by atoms with Crippen molar-refractivity contribution in [3.8, 4) is 5.95 Å². The molecule has 0 radical (unpaired) electrons. The summed E-state index contributed by atoms with van der Waals surface area (Å²) in [6, 6.07) is 16.9. The Morgan fingerprint density at radius 1 is 1.03 bits per heavy atom. The van der Waals surface area contributed by atoms with Crippen LogP contribution in [0.15, 0.2) is 67.3 Å². The van der Waals surface area contributed by atoms with E-state index >= 15 is 0 Å². The molecule has 2 amide bonds. The Morgan fingerprint density at radius 2 is 1.78 bits per heavy atom. The van der Waals surface area contributed by atoms with Gasteiger partial charge < -0.3 is 10.2 Å². The molecule has 0 aliphatic carbocycles. The molecule has 1 fully saturated rings. The number of para-hydroxylation sites is 1. The van der Waals surface area contributed by atoms with Crippen LogP contribution < -0.4 is 5.32 Å². The predicted molar refractivity (Wildman–Crippen MR) is 113 cm³/mol. The summed E-state index contributed by atoms with van der Waals surface area (Å²) in [5.74, 6) is -0.0452. The van der Waals surface area contributed by atoms with Crippen molar-refractivity contribution >= 4 is 17.5 Å². The van der Waals surface area contributed by atoms with Crippen molar-refractivity contribution < 1.29 is 9.59 Å². The minimum absolute atomic E-state index is 0.0920. The van der Waals surface area contributed by atoms with Gasteiger partial charge in [0.15, 0.2) is 0 Å². The molecular formula is C22H18N8O2. The number of benzene rings is 2. The molecule has 4 heterocycles. The standard InChI is InChI=1S/C22H18N8O2/c31-19(18-26-21(28-27-18)29-12-23-24-13-29)30-11-10-22(17(30)14-6-2-1-3-7-14)15-8-4-5-9-16(15)25-20(22)32/h1-9,12-13,17H,10-11H2,(H,25,32)(H,26,27,28)/t17-,22+/m0/s1. The summed E-state index contributed by atoms with van der Waals surface area (Å²) < 4.78 is 1.51. The first-order valence-corrected chi connectivity index (χ1v) is 10.2.